The second-order valence-electron chi connectivity index (χ2n) is 9.30. The molecule has 0 aromatic heterocycles. The zero-order chi connectivity index (χ0) is 23.5. The van der Waals surface area contributed by atoms with Crippen molar-refractivity contribution in [2.24, 2.45) is 0 Å². The first-order valence-corrected chi connectivity index (χ1v) is 11.3. The largest absolute Gasteiger partial charge is 0.486 e. The first-order valence-electron chi connectivity index (χ1n) is 11.3. The van der Waals surface area contributed by atoms with Crippen molar-refractivity contribution in [3.8, 4) is 5.75 Å². The van der Waals surface area contributed by atoms with E-state index >= 15 is 0 Å². The predicted molar refractivity (Wildman–Crippen MR) is 120 cm³/mol. The third-order valence-electron chi connectivity index (χ3n) is 7.33. The first-order chi connectivity index (χ1) is 15.7. The summed E-state index contributed by atoms with van der Waals surface area (Å²) in [6.07, 6.45) is 1.33. The van der Waals surface area contributed by atoms with Gasteiger partial charge in [-0.3, -0.25) is 24.1 Å². The molecule has 1 spiro atoms. The number of imide groups is 1. The summed E-state index contributed by atoms with van der Waals surface area (Å²) in [4.78, 5) is 54.4. The predicted octanol–water partition coefficient (Wildman–Crippen LogP) is 3.31. The molecule has 3 amide bonds. The van der Waals surface area contributed by atoms with E-state index in [0.717, 1.165) is 16.0 Å². The number of rotatable bonds is 2. The molecule has 1 fully saturated rings. The average molecular weight is 447 g/mol. The van der Waals surface area contributed by atoms with Gasteiger partial charge in [-0.15, -0.1) is 0 Å². The molecule has 2 aromatic rings. The van der Waals surface area contributed by atoms with Gasteiger partial charge < -0.3 is 9.64 Å². The van der Waals surface area contributed by atoms with E-state index in [1.54, 1.807) is 36.1 Å². The molecule has 7 nitrogen and oxygen atoms in total. The van der Waals surface area contributed by atoms with Crippen LogP contribution in [-0.2, 0) is 4.79 Å². The molecule has 1 saturated heterocycles. The topological polar surface area (TPSA) is 84.0 Å². The molecule has 7 heteroatoms. The Morgan fingerprint density at radius 1 is 0.939 bits per heavy atom. The molecule has 170 valence electrons. The lowest BCUT2D eigenvalue weighted by Crippen LogP contribution is -2.56. The molecule has 0 bridgehead atoms. The van der Waals surface area contributed by atoms with Crippen molar-refractivity contribution in [3.63, 3.8) is 0 Å². The van der Waals surface area contributed by atoms with E-state index in [-0.39, 0.29) is 11.7 Å². The molecule has 1 atom stereocenters. The van der Waals surface area contributed by atoms with Gasteiger partial charge in [0.2, 0.25) is 5.91 Å². The summed E-state index contributed by atoms with van der Waals surface area (Å²) in [7, 11) is 0. The molecule has 33 heavy (non-hydrogen) atoms. The lowest BCUT2D eigenvalue weighted by atomic mass is 9.81. The number of piperidine rings is 1. The quantitative estimate of drug-likeness (QED) is 0.661. The highest BCUT2D eigenvalue weighted by Gasteiger charge is 2.46. The summed E-state index contributed by atoms with van der Waals surface area (Å²) in [5.41, 5.74) is 2.70. The molecule has 5 rings (SSSR count). The summed E-state index contributed by atoms with van der Waals surface area (Å²) in [5.74, 6) is -0.417. The van der Waals surface area contributed by atoms with Crippen molar-refractivity contribution < 1.29 is 23.9 Å². The van der Waals surface area contributed by atoms with Crippen LogP contribution in [0.25, 0.3) is 0 Å². The highest BCUT2D eigenvalue weighted by Crippen LogP contribution is 2.42. The zero-order valence-corrected chi connectivity index (χ0v) is 19.0. The summed E-state index contributed by atoms with van der Waals surface area (Å²) >= 11 is 0. The summed E-state index contributed by atoms with van der Waals surface area (Å²) in [5, 5.41) is 0. The monoisotopic (exact) mass is 446 g/mol. The molecule has 0 saturated carbocycles. The van der Waals surface area contributed by atoms with E-state index in [1.165, 1.54) is 0 Å². The maximum Gasteiger partial charge on any atom is 0.262 e. The Hall–Kier alpha value is -3.48. The summed E-state index contributed by atoms with van der Waals surface area (Å²) in [6.45, 7) is 6.35. The first kappa shape index (κ1) is 21.4. The average Bonchev–Trinajstić information content (AvgIpc) is 3.06. The van der Waals surface area contributed by atoms with Crippen molar-refractivity contribution in [1.29, 1.82) is 0 Å². The molecule has 0 aliphatic carbocycles. The number of amides is 3. The minimum Gasteiger partial charge on any atom is -0.486 e. The number of carbonyl (C=O) groups is 4. The number of likely N-dealkylation sites (tertiary alicyclic amines) is 1. The van der Waals surface area contributed by atoms with Gasteiger partial charge in [0.1, 0.15) is 17.4 Å². The minimum atomic E-state index is -0.897. The number of ether oxygens (including phenoxy) is 1. The molecular weight excluding hydrogens is 420 g/mol. The van der Waals surface area contributed by atoms with Crippen LogP contribution < -0.4 is 4.74 Å². The highest BCUT2D eigenvalue weighted by molar-refractivity contribution is 6.22. The lowest BCUT2D eigenvalue weighted by Gasteiger charge is -2.45. The van der Waals surface area contributed by atoms with Gasteiger partial charge in [0.05, 0.1) is 23.1 Å². The normalized spacial score (nSPS) is 19.9. The Balaban J connectivity index is 1.30. The third kappa shape index (κ3) is 3.25. The summed E-state index contributed by atoms with van der Waals surface area (Å²) in [6, 6.07) is 9.50. The molecule has 2 aromatic carbocycles. The van der Waals surface area contributed by atoms with E-state index in [9.17, 15) is 19.2 Å². The van der Waals surface area contributed by atoms with Gasteiger partial charge >= 0.3 is 0 Å². The van der Waals surface area contributed by atoms with Crippen molar-refractivity contribution in [1.82, 2.24) is 9.80 Å². The smallest absolute Gasteiger partial charge is 0.262 e. The number of aryl methyl sites for hydroxylation is 1. The molecule has 3 aliphatic rings. The van der Waals surface area contributed by atoms with Crippen molar-refractivity contribution in [2.75, 3.05) is 13.1 Å². The number of carbonyl (C=O) groups excluding carboxylic acids is 4. The molecule has 3 heterocycles. The van der Waals surface area contributed by atoms with E-state index in [0.29, 0.717) is 54.8 Å². The second-order valence-corrected chi connectivity index (χ2v) is 9.30. The highest BCUT2D eigenvalue weighted by atomic mass is 16.5. The van der Waals surface area contributed by atoms with Crippen molar-refractivity contribution in [3.05, 3.63) is 64.2 Å². The summed E-state index contributed by atoms with van der Waals surface area (Å²) < 4.78 is 6.43. The van der Waals surface area contributed by atoms with Crippen molar-refractivity contribution in [2.45, 2.75) is 51.7 Å². The van der Waals surface area contributed by atoms with E-state index < -0.39 is 23.5 Å². The van der Waals surface area contributed by atoms with Crippen LogP contribution in [0.2, 0.25) is 0 Å². The number of nitrogens with zero attached hydrogens (tertiary/aromatic N) is 2. The second kappa shape index (κ2) is 7.54. The van der Waals surface area contributed by atoms with Crippen LogP contribution in [0, 0.1) is 13.8 Å². The van der Waals surface area contributed by atoms with Crippen molar-refractivity contribution >= 4 is 23.5 Å². The van der Waals surface area contributed by atoms with Gasteiger partial charge in [-0.2, -0.15) is 0 Å². The Labute approximate surface area is 192 Å². The third-order valence-corrected chi connectivity index (χ3v) is 7.33. The maximum atomic E-state index is 13.2. The van der Waals surface area contributed by atoms with Gasteiger partial charge in [0.25, 0.3) is 11.8 Å². The zero-order valence-electron chi connectivity index (χ0n) is 19.0. The van der Waals surface area contributed by atoms with Crippen LogP contribution in [0.3, 0.4) is 0 Å². The Morgan fingerprint density at radius 3 is 2.15 bits per heavy atom. The van der Waals surface area contributed by atoms with Crippen LogP contribution >= 0.6 is 0 Å². The van der Waals surface area contributed by atoms with E-state index in [1.807, 2.05) is 26.0 Å². The molecule has 3 aliphatic heterocycles. The number of hydrogen-bond donors (Lipinski definition) is 0. The number of ketones is 1. The van der Waals surface area contributed by atoms with Crippen LogP contribution in [0.5, 0.6) is 5.75 Å². The van der Waals surface area contributed by atoms with Crippen LogP contribution in [-0.4, -0.2) is 58.0 Å². The van der Waals surface area contributed by atoms with Gasteiger partial charge in [-0.1, -0.05) is 18.2 Å². The van der Waals surface area contributed by atoms with Crippen LogP contribution in [0.15, 0.2) is 36.4 Å². The molecule has 1 unspecified atom stereocenters. The lowest BCUT2D eigenvalue weighted by molar-refractivity contribution is -0.138. The van der Waals surface area contributed by atoms with E-state index in [2.05, 4.69) is 0 Å². The number of Topliss-reactive ketones (excluding diaryl/α,β-unsaturated/α-hetero) is 1. The van der Waals surface area contributed by atoms with Gasteiger partial charge in [0.15, 0.2) is 5.78 Å². The molecule has 0 N–H and O–H groups in total. The fourth-order valence-electron chi connectivity index (χ4n) is 5.13. The van der Waals surface area contributed by atoms with Crippen LogP contribution in [0.1, 0.15) is 68.4 Å². The van der Waals surface area contributed by atoms with E-state index in [4.69, 9.17) is 4.74 Å². The fraction of sp³-hybridized carbons (Fsp3) is 0.385. The SMILES string of the molecule is Cc1ccc2c(c1C)OC1(CCN(C(=O)C(C)N3C(=O)c4ccccc4C3=O)CC1)CC2=O. The van der Waals surface area contributed by atoms with Gasteiger partial charge in [0, 0.05) is 25.9 Å². The standard InChI is InChI=1S/C26H26N2O5/c1-15-8-9-20-21(29)14-26(33-22(20)16(15)2)10-12-27(13-11-26)23(30)17(3)28-24(31)18-6-4-5-7-19(18)25(28)32/h4-9,17H,10-14H2,1-3H3. The van der Waals surface area contributed by atoms with Gasteiger partial charge in [-0.05, 0) is 50.1 Å². The van der Waals surface area contributed by atoms with Gasteiger partial charge in [-0.25, -0.2) is 0 Å². The maximum absolute atomic E-state index is 13.2. The number of hydrogen-bond acceptors (Lipinski definition) is 5. The number of benzene rings is 2. The Morgan fingerprint density at radius 2 is 1.55 bits per heavy atom. The minimum absolute atomic E-state index is 0.0681. The fourth-order valence-corrected chi connectivity index (χ4v) is 5.13. The Kier molecular flexibility index (Phi) is 4.88. The van der Waals surface area contributed by atoms with Crippen LogP contribution in [0.4, 0.5) is 0 Å². The Bertz CT molecular complexity index is 1170. The molecule has 0 radical (unpaired) electrons. The molecular formula is C26H26N2O5. The number of fused-ring (bicyclic) bond motifs is 2.